The molecule has 2 bridgehead atoms. The first-order valence-electron chi connectivity index (χ1n) is 6.49. The minimum atomic E-state index is -1.17. The third-order valence-corrected chi connectivity index (χ3v) is 6.56. The first-order chi connectivity index (χ1) is 8.92. The fraction of sp³-hybridized carbons (Fsp3) is 0.571. The summed E-state index contributed by atoms with van der Waals surface area (Å²) in [5.41, 5.74) is -0.562. The molecule has 0 radical (unpaired) electrons. The number of halogens is 2. The summed E-state index contributed by atoms with van der Waals surface area (Å²) in [4.78, 5) is 0. The van der Waals surface area contributed by atoms with Crippen LogP contribution in [0.25, 0.3) is 0 Å². The van der Waals surface area contributed by atoms with Gasteiger partial charge in [-0.2, -0.15) is 0 Å². The van der Waals surface area contributed by atoms with E-state index in [0.29, 0.717) is 18.4 Å². The highest BCUT2D eigenvalue weighted by molar-refractivity contribution is 7.86. The van der Waals surface area contributed by atoms with E-state index >= 15 is 0 Å². The Kier molecular flexibility index (Phi) is 3.02. The molecule has 2 saturated heterocycles. The highest BCUT2D eigenvalue weighted by Gasteiger charge is 2.49. The van der Waals surface area contributed by atoms with Crippen molar-refractivity contribution in [2.24, 2.45) is 0 Å². The minimum Gasteiger partial charge on any atom is -0.385 e. The predicted octanol–water partition coefficient (Wildman–Crippen LogP) is 2.53. The van der Waals surface area contributed by atoms with Crippen LogP contribution in [0.4, 0.5) is 8.78 Å². The molecule has 0 saturated carbocycles. The van der Waals surface area contributed by atoms with Crippen LogP contribution >= 0.6 is 0 Å². The Hall–Kier alpha value is -0.810. The van der Waals surface area contributed by atoms with E-state index in [4.69, 9.17) is 0 Å². The second-order valence-corrected chi connectivity index (χ2v) is 7.61. The van der Waals surface area contributed by atoms with Gasteiger partial charge in [0.05, 0.1) is 5.60 Å². The lowest BCUT2D eigenvalue weighted by Crippen LogP contribution is -2.40. The lowest BCUT2D eigenvalue weighted by Gasteiger charge is -2.37. The fourth-order valence-corrected chi connectivity index (χ4v) is 5.62. The van der Waals surface area contributed by atoms with E-state index in [0.717, 1.165) is 18.9 Å². The van der Waals surface area contributed by atoms with Crippen molar-refractivity contribution >= 4 is 10.8 Å². The molecule has 2 atom stereocenters. The van der Waals surface area contributed by atoms with Gasteiger partial charge in [0, 0.05) is 21.3 Å². The van der Waals surface area contributed by atoms with Crippen molar-refractivity contribution in [1.82, 2.24) is 0 Å². The maximum atomic E-state index is 13.7. The first kappa shape index (κ1) is 13.2. The van der Waals surface area contributed by atoms with Crippen LogP contribution in [-0.2, 0) is 16.4 Å². The van der Waals surface area contributed by atoms with Crippen LogP contribution in [0.2, 0.25) is 0 Å². The van der Waals surface area contributed by atoms with Crippen LogP contribution in [0.5, 0.6) is 0 Å². The third kappa shape index (κ3) is 1.94. The zero-order chi connectivity index (χ0) is 13.8. The van der Waals surface area contributed by atoms with Gasteiger partial charge in [0.15, 0.2) is 11.6 Å². The van der Waals surface area contributed by atoms with E-state index in [-0.39, 0.29) is 16.1 Å². The number of benzene rings is 1. The maximum absolute atomic E-state index is 13.7. The molecule has 3 rings (SSSR count). The summed E-state index contributed by atoms with van der Waals surface area (Å²) < 4.78 is 38.8. The van der Waals surface area contributed by atoms with E-state index in [1.165, 1.54) is 13.0 Å². The van der Waals surface area contributed by atoms with Crippen LogP contribution in [0.1, 0.15) is 36.8 Å². The third-order valence-electron chi connectivity index (χ3n) is 4.44. The molecular weight excluding hydrogens is 270 g/mol. The molecule has 0 spiro atoms. The number of rotatable bonds is 1. The Morgan fingerprint density at radius 1 is 1.26 bits per heavy atom. The Balaban J connectivity index is 2.03. The van der Waals surface area contributed by atoms with Gasteiger partial charge in [0.25, 0.3) is 0 Å². The highest BCUT2D eigenvalue weighted by Crippen LogP contribution is 2.46. The smallest absolute Gasteiger partial charge is 0.162 e. The van der Waals surface area contributed by atoms with Gasteiger partial charge >= 0.3 is 0 Å². The maximum Gasteiger partial charge on any atom is 0.162 e. The number of aliphatic hydroxyl groups is 1. The van der Waals surface area contributed by atoms with Gasteiger partial charge in [0.2, 0.25) is 0 Å². The fourth-order valence-electron chi connectivity index (χ4n) is 3.46. The Morgan fingerprint density at radius 2 is 1.84 bits per heavy atom. The molecule has 2 aliphatic rings. The van der Waals surface area contributed by atoms with Gasteiger partial charge in [-0.25, -0.2) is 8.78 Å². The molecule has 1 aromatic carbocycles. The molecular formula is C14H16F2O2S. The standard InChI is InChI=1S/C14H16F2O2S/c1-8-11(4-5-12(15)13(8)16)14(17)6-9-2-3-10(7-14)19(9)18/h4-5,9-10,17H,2-3,6-7H2,1H3. The molecule has 5 heteroatoms. The molecule has 19 heavy (non-hydrogen) atoms. The van der Waals surface area contributed by atoms with Gasteiger partial charge in [-0.1, -0.05) is 6.07 Å². The molecule has 2 nitrogen and oxygen atoms in total. The monoisotopic (exact) mass is 286 g/mol. The molecule has 104 valence electrons. The topological polar surface area (TPSA) is 37.3 Å². The summed E-state index contributed by atoms with van der Waals surface area (Å²) in [5, 5.41) is 10.8. The Morgan fingerprint density at radius 3 is 2.42 bits per heavy atom. The zero-order valence-electron chi connectivity index (χ0n) is 10.7. The van der Waals surface area contributed by atoms with Gasteiger partial charge in [-0.3, -0.25) is 4.21 Å². The number of fused-ring (bicyclic) bond motifs is 2. The number of hydrogen-bond donors (Lipinski definition) is 1. The Bertz CT molecular complexity index is 543. The minimum absolute atomic E-state index is 0.0173. The average Bonchev–Trinajstić information content (AvgIpc) is 2.60. The second-order valence-electron chi connectivity index (χ2n) is 5.62. The second kappa shape index (κ2) is 4.35. The molecule has 1 aromatic rings. The van der Waals surface area contributed by atoms with Crippen molar-refractivity contribution in [2.75, 3.05) is 0 Å². The largest absolute Gasteiger partial charge is 0.385 e. The Labute approximate surface area is 113 Å². The van der Waals surface area contributed by atoms with Crippen molar-refractivity contribution in [1.29, 1.82) is 0 Å². The van der Waals surface area contributed by atoms with Crippen LogP contribution in [0, 0.1) is 18.6 Å². The summed E-state index contributed by atoms with van der Waals surface area (Å²) in [7, 11) is -0.883. The molecule has 0 aromatic heterocycles. The van der Waals surface area contributed by atoms with Gasteiger partial charge < -0.3 is 5.11 Å². The summed E-state index contributed by atoms with van der Waals surface area (Å²) in [6, 6.07) is 2.52. The first-order valence-corrected chi connectivity index (χ1v) is 7.77. The average molecular weight is 286 g/mol. The van der Waals surface area contributed by atoms with Crippen molar-refractivity contribution in [3.8, 4) is 0 Å². The van der Waals surface area contributed by atoms with E-state index in [2.05, 4.69) is 0 Å². The van der Waals surface area contributed by atoms with Gasteiger partial charge in [-0.15, -0.1) is 0 Å². The van der Waals surface area contributed by atoms with Crippen molar-refractivity contribution in [3.05, 3.63) is 34.9 Å². The van der Waals surface area contributed by atoms with Crippen molar-refractivity contribution in [3.63, 3.8) is 0 Å². The van der Waals surface area contributed by atoms with E-state index < -0.39 is 28.0 Å². The molecule has 2 heterocycles. The quantitative estimate of drug-likeness (QED) is 0.861. The van der Waals surface area contributed by atoms with Crippen LogP contribution in [0.15, 0.2) is 12.1 Å². The van der Waals surface area contributed by atoms with E-state index in [1.807, 2.05) is 0 Å². The summed E-state index contributed by atoms with van der Waals surface area (Å²) in [6.07, 6.45) is 2.45. The molecule has 1 N–H and O–H groups in total. The lowest BCUT2D eigenvalue weighted by atomic mass is 9.83. The SMILES string of the molecule is Cc1c(C2(O)CC3CCC(C2)S3=O)ccc(F)c1F. The molecule has 0 aliphatic carbocycles. The molecule has 2 unspecified atom stereocenters. The van der Waals surface area contributed by atoms with Gasteiger partial charge in [-0.05, 0) is 49.8 Å². The predicted molar refractivity (Wildman–Crippen MR) is 69.2 cm³/mol. The molecule has 0 amide bonds. The summed E-state index contributed by atoms with van der Waals surface area (Å²) in [6.45, 7) is 1.49. The van der Waals surface area contributed by atoms with Gasteiger partial charge in [0.1, 0.15) is 0 Å². The van der Waals surface area contributed by atoms with Crippen molar-refractivity contribution in [2.45, 2.75) is 48.7 Å². The highest BCUT2D eigenvalue weighted by atomic mass is 32.2. The van der Waals surface area contributed by atoms with Crippen LogP contribution < -0.4 is 0 Å². The number of hydrogen-bond acceptors (Lipinski definition) is 2. The molecule has 2 aliphatic heterocycles. The zero-order valence-corrected chi connectivity index (χ0v) is 11.5. The van der Waals surface area contributed by atoms with Crippen LogP contribution in [0.3, 0.4) is 0 Å². The summed E-state index contributed by atoms with van der Waals surface area (Å²) >= 11 is 0. The van der Waals surface area contributed by atoms with Crippen molar-refractivity contribution < 1.29 is 18.1 Å². The lowest BCUT2D eigenvalue weighted by molar-refractivity contribution is 0.0174. The van der Waals surface area contributed by atoms with Crippen LogP contribution in [-0.4, -0.2) is 19.8 Å². The molecule has 2 fully saturated rings. The summed E-state index contributed by atoms with van der Waals surface area (Å²) in [5.74, 6) is -1.79. The van der Waals surface area contributed by atoms with E-state index in [9.17, 15) is 18.1 Å². The normalized spacial score (nSPS) is 37.6. The van der Waals surface area contributed by atoms with E-state index in [1.54, 1.807) is 0 Å².